The molecule has 0 aliphatic carbocycles. The minimum atomic E-state index is -4.02. The maximum absolute atomic E-state index is 12.8. The predicted octanol–water partition coefficient (Wildman–Crippen LogP) is 5.91. The third kappa shape index (κ3) is 4.85. The van der Waals surface area contributed by atoms with Gasteiger partial charge in [-0.1, -0.05) is 82.8 Å². The molecule has 5 nitrogen and oxygen atoms in total. The van der Waals surface area contributed by atoms with Crippen molar-refractivity contribution in [1.29, 1.82) is 0 Å². The number of aromatic hydroxyl groups is 1. The number of nitrogens with zero attached hydrogens (tertiary/aromatic N) is 1. The molecule has 0 bridgehead atoms. The van der Waals surface area contributed by atoms with Crippen LogP contribution in [-0.2, 0) is 10.0 Å². The number of amidine groups is 1. The first-order valence-corrected chi connectivity index (χ1v) is 10.9. The number of halogens is 3. The van der Waals surface area contributed by atoms with Crippen LogP contribution in [0.4, 0.5) is 5.69 Å². The summed E-state index contributed by atoms with van der Waals surface area (Å²) in [5, 5.41) is 12.5. The summed E-state index contributed by atoms with van der Waals surface area (Å²) >= 11 is 18.2. The summed E-state index contributed by atoms with van der Waals surface area (Å²) in [5.74, 6) is -0.347. The van der Waals surface area contributed by atoms with Gasteiger partial charge in [0.1, 0.15) is 5.02 Å². The van der Waals surface area contributed by atoms with Gasteiger partial charge >= 0.3 is 0 Å². The molecule has 3 aromatic rings. The van der Waals surface area contributed by atoms with E-state index >= 15 is 0 Å². The van der Waals surface area contributed by atoms with Crippen LogP contribution in [0.1, 0.15) is 11.1 Å². The molecular formula is C20H15Cl3N2O3S. The van der Waals surface area contributed by atoms with E-state index in [1.54, 1.807) is 42.5 Å². The lowest BCUT2D eigenvalue weighted by Gasteiger charge is -2.14. The number of phenols is 1. The fraction of sp³-hybridized carbons (Fsp3) is 0.0500. The summed E-state index contributed by atoms with van der Waals surface area (Å²) < 4.78 is 29.6. The molecule has 3 aromatic carbocycles. The van der Waals surface area contributed by atoms with Crippen molar-refractivity contribution < 1.29 is 13.5 Å². The van der Waals surface area contributed by atoms with Crippen LogP contribution in [0, 0.1) is 6.92 Å². The van der Waals surface area contributed by atoms with E-state index in [9.17, 15) is 13.5 Å². The summed E-state index contributed by atoms with van der Waals surface area (Å²) in [4.78, 5) is 0.0474. The van der Waals surface area contributed by atoms with E-state index in [2.05, 4.69) is 9.71 Å². The van der Waals surface area contributed by atoms with Crippen LogP contribution in [0.25, 0.3) is 0 Å². The van der Waals surface area contributed by atoms with Crippen molar-refractivity contribution in [3.8, 4) is 5.75 Å². The molecule has 0 unspecified atom stereocenters. The number of aryl methyl sites for hydroxylation is 1. The summed E-state index contributed by atoms with van der Waals surface area (Å²) in [5.41, 5.74) is 1.62. The van der Waals surface area contributed by atoms with Gasteiger partial charge in [0.05, 0.1) is 20.6 Å². The zero-order valence-corrected chi connectivity index (χ0v) is 18.1. The predicted molar refractivity (Wildman–Crippen MR) is 118 cm³/mol. The van der Waals surface area contributed by atoms with Crippen LogP contribution in [0.15, 0.2) is 70.0 Å². The number of hydrogen-bond acceptors (Lipinski definition) is 3. The zero-order valence-electron chi connectivity index (χ0n) is 15.0. The van der Waals surface area contributed by atoms with Gasteiger partial charge in [0.25, 0.3) is 10.0 Å². The van der Waals surface area contributed by atoms with Crippen molar-refractivity contribution in [2.24, 2.45) is 4.40 Å². The lowest BCUT2D eigenvalue weighted by Crippen LogP contribution is -2.16. The number of phenolic OH excluding ortho intramolecular Hbond substituents is 1. The van der Waals surface area contributed by atoms with E-state index in [-0.39, 0.29) is 37.2 Å². The molecule has 0 aromatic heterocycles. The second-order valence-corrected chi connectivity index (χ2v) is 8.87. The van der Waals surface area contributed by atoms with Crippen LogP contribution < -0.4 is 5.32 Å². The van der Waals surface area contributed by atoms with Crippen molar-refractivity contribution in [3.63, 3.8) is 0 Å². The van der Waals surface area contributed by atoms with Crippen molar-refractivity contribution in [2.45, 2.75) is 11.8 Å². The number of anilines is 1. The number of nitrogens with one attached hydrogen (secondary N) is 1. The molecule has 0 heterocycles. The average Bonchev–Trinajstić information content (AvgIpc) is 2.70. The minimum Gasteiger partial charge on any atom is -0.505 e. The van der Waals surface area contributed by atoms with Crippen molar-refractivity contribution >= 4 is 56.3 Å². The molecule has 0 fully saturated rings. The molecule has 29 heavy (non-hydrogen) atoms. The molecule has 0 saturated carbocycles. The van der Waals surface area contributed by atoms with E-state index in [1.807, 2.05) is 6.92 Å². The van der Waals surface area contributed by atoms with Crippen molar-refractivity contribution in [3.05, 3.63) is 86.9 Å². The minimum absolute atomic E-state index is 0.0194. The number of sulfonamides is 1. The summed E-state index contributed by atoms with van der Waals surface area (Å²) in [6.45, 7) is 1.86. The molecule has 9 heteroatoms. The Balaban J connectivity index is 2.12. The van der Waals surface area contributed by atoms with Gasteiger partial charge in [-0.05, 0) is 25.1 Å². The third-order valence-electron chi connectivity index (χ3n) is 3.96. The molecular weight excluding hydrogens is 455 g/mol. The van der Waals surface area contributed by atoms with Crippen molar-refractivity contribution in [2.75, 3.05) is 5.32 Å². The Morgan fingerprint density at radius 3 is 2.21 bits per heavy atom. The fourth-order valence-electron chi connectivity index (χ4n) is 2.43. The van der Waals surface area contributed by atoms with Crippen LogP contribution in [0.3, 0.4) is 0 Å². The monoisotopic (exact) mass is 468 g/mol. The van der Waals surface area contributed by atoms with Gasteiger partial charge in [-0.2, -0.15) is 8.42 Å². The topological polar surface area (TPSA) is 78.8 Å². The highest BCUT2D eigenvalue weighted by Crippen LogP contribution is 2.42. The maximum atomic E-state index is 12.8. The SMILES string of the molecule is Cc1ccc(S(=O)(=O)N=C(Nc2cc(Cl)c(O)c(Cl)c2Cl)c2ccccc2)cc1. The van der Waals surface area contributed by atoms with Gasteiger partial charge in [-0.15, -0.1) is 4.40 Å². The molecule has 0 amide bonds. The molecule has 2 N–H and O–H groups in total. The smallest absolute Gasteiger partial charge is 0.284 e. The lowest BCUT2D eigenvalue weighted by molar-refractivity contribution is 0.476. The highest BCUT2D eigenvalue weighted by atomic mass is 35.5. The zero-order chi connectivity index (χ0) is 21.2. The summed E-state index contributed by atoms with van der Waals surface area (Å²) in [6, 6.07) is 16.3. The fourth-order valence-corrected chi connectivity index (χ4v) is 4.05. The van der Waals surface area contributed by atoms with Gasteiger partial charge in [-0.25, -0.2) is 0 Å². The Morgan fingerprint density at radius 1 is 0.966 bits per heavy atom. The quantitative estimate of drug-likeness (QED) is 0.215. The highest BCUT2D eigenvalue weighted by Gasteiger charge is 2.19. The van der Waals surface area contributed by atoms with Crippen LogP contribution in [0.5, 0.6) is 5.75 Å². The van der Waals surface area contributed by atoms with Gasteiger partial charge in [0.2, 0.25) is 0 Å². The van der Waals surface area contributed by atoms with Gasteiger partial charge in [0.15, 0.2) is 11.6 Å². The molecule has 0 atom stereocenters. The van der Waals surface area contributed by atoms with Crippen LogP contribution in [0.2, 0.25) is 15.1 Å². The average molecular weight is 470 g/mol. The van der Waals surface area contributed by atoms with E-state index in [1.165, 1.54) is 18.2 Å². The van der Waals surface area contributed by atoms with E-state index in [0.29, 0.717) is 5.56 Å². The Kier molecular flexibility index (Phi) is 6.39. The van der Waals surface area contributed by atoms with Crippen LogP contribution in [-0.4, -0.2) is 19.4 Å². The Bertz CT molecular complexity index is 1180. The molecule has 150 valence electrons. The lowest BCUT2D eigenvalue weighted by atomic mass is 10.2. The van der Waals surface area contributed by atoms with E-state index in [4.69, 9.17) is 34.8 Å². The van der Waals surface area contributed by atoms with Gasteiger partial charge in [-0.3, -0.25) is 0 Å². The van der Waals surface area contributed by atoms with E-state index in [0.717, 1.165) is 5.56 Å². The van der Waals surface area contributed by atoms with E-state index < -0.39 is 10.0 Å². The summed E-state index contributed by atoms with van der Waals surface area (Å²) in [7, 11) is -4.02. The van der Waals surface area contributed by atoms with Gasteiger partial charge < -0.3 is 10.4 Å². The second kappa shape index (κ2) is 8.63. The highest BCUT2D eigenvalue weighted by molar-refractivity contribution is 7.90. The Hall–Kier alpha value is -2.25. The van der Waals surface area contributed by atoms with Crippen LogP contribution >= 0.6 is 34.8 Å². The first-order chi connectivity index (χ1) is 13.7. The molecule has 0 aliphatic heterocycles. The molecule has 3 rings (SSSR count). The molecule has 0 radical (unpaired) electrons. The Morgan fingerprint density at radius 2 is 1.59 bits per heavy atom. The maximum Gasteiger partial charge on any atom is 0.284 e. The number of benzene rings is 3. The van der Waals surface area contributed by atoms with Gasteiger partial charge in [0, 0.05) is 5.56 Å². The number of rotatable bonds is 4. The first-order valence-electron chi connectivity index (χ1n) is 8.29. The molecule has 0 aliphatic rings. The number of hydrogen-bond donors (Lipinski definition) is 2. The Labute approximate surface area is 183 Å². The second-order valence-electron chi connectivity index (χ2n) is 6.10. The third-order valence-corrected chi connectivity index (χ3v) is 6.40. The molecule has 0 saturated heterocycles. The first kappa shape index (κ1) is 21.5. The largest absolute Gasteiger partial charge is 0.505 e. The summed E-state index contributed by atoms with van der Waals surface area (Å²) in [6.07, 6.45) is 0. The standard InChI is InChI=1S/C20H15Cl3N2O3S/c1-12-7-9-14(10-8-12)29(27,28)25-20(13-5-3-2-4-6-13)24-16-11-15(21)19(26)18(23)17(16)22/h2-11,26H,1H3,(H,24,25). The van der Waals surface area contributed by atoms with Crippen molar-refractivity contribution in [1.82, 2.24) is 0 Å². The molecule has 0 spiro atoms. The normalized spacial score (nSPS) is 12.1.